The summed E-state index contributed by atoms with van der Waals surface area (Å²) in [5.41, 5.74) is 7.36. The molecule has 0 saturated heterocycles. The lowest BCUT2D eigenvalue weighted by Crippen LogP contribution is -2.21. The number of hydrogen-bond acceptors (Lipinski definition) is 3. The SMILES string of the molecule is Cc1cccc(=O)n1CCCOc1cccc(N)c1. The third kappa shape index (κ3) is 3.61. The monoisotopic (exact) mass is 258 g/mol. The topological polar surface area (TPSA) is 57.2 Å². The average molecular weight is 258 g/mol. The van der Waals surface area contributed by atoms with Crippen LogP contribution in [0.5, 0.6) is 5.75 Å². The van der Waals surface area contributed by atoms with Crippen molar-refractivity contribution in [3.63, 3.8) is 0 Å². The van der Waals surface area contributed by atoms with Gasteiger partial charge in [0.25, 0.3) is 5.56 Å². The summed E-state index contributed by atoms with van der Waals surface area (Å²) in [4.78, 5) is 11.7. The van der Waals surface area contributed by atoms with E-state index >= 15 is 0 Å². The first-order valence-corrected chi connectivity index (χ1v) is 6.31. The quantitative estimate of drug-likeness (QED) is 0.660. The lowest BCUT2D eigenvalue weighted by atomic mass is 10.3. The predicted molar refractivity (Wildman–Crippen MR) is 76.4 cm³/mol. The van der Waals surface area contributed by atoms with Gasteiger partial charge in [0.05, 0.1) is 6.61 Å². The molecule has 100 valence electrons. The molecule has 0 radical (unpaired) electrons. The molecule has 1 heterocycles. The van der Waals surface area contributed by atoms with Crippen LogP contribution < -0.4 is 16.0 Å². The molecule has 0 aliphatic heterocycles. The van der Waals surface area contributed by atoms with Gasteiger partial charge in [0.2, 0.25) is 0 Å². The smallest absolute Gasteiger partial charge is 0.250 e. The number of aromatic nitrogens is 1. The largest absolute Gasteiger partial charge is 0.493 e. The average Bonchev–Trinajstić information content (AvgIpc) is 2.37. The van der Waals surface area contributed by atoms with Crippen LogP contribution in [0.2, 0.25) is 0 Å². The molecule has 0 fully saturated rings. The lowest BCUT2D eigenvalue weighted by molar-refractivity contribution is 0.300. The third-order valence-electron chi connectivity index (χ3n) is 2.92. The third-order valence-corrected chi connectivity index (χ3v) is 2.92. The molecule has 0 saturated carbocycles. The summed E-state index contributed by atoms with van der Waals surface area (Å²) in [6, 6.07) is 12.6. The molecule has 4 heteroatoms. The van der Waals surface area contributed by atoms with E-state index in [4.69, 9.17) is 10.5 Å². The van der Waals surface area contributed by atoms with E-state index < -0.39 is 0 Å². The molecule has 0 bridgehead atoms. The van der Waals surface area contributed by atoms with E-state index in [1.165, 1.54) is 0 Å². The highest BCUT2D eigenvalue weighted by Gasteiger charge is 1.99. The molecule has 2 aromatic rings. The molecule has 19 heavy (non-hydrogen) atoms. The van der Waals surface area contributed by atoms with Crippen molar-refractivity contribution in [2.75, 3.05) is 12.3 Å². The molecule has 0 spiro atoms. The number of rotatable bonds is 5. The molecule has 0 aliphatic carbocycles. The zero-order chi connectivity index (χ0) is 13.7. The summed E-state index contributed by atoms with van der Waals surface area (Å²) >= 11 is 0. The van der Waals surface area contributed by atoms with Gasteiger partial charge in [-0.05, 0) is 31.5 Å². The van der Waals surface area contributed by atoms with Gasteiger partial charge in [-0.3, -0.25) is 4.79 Å². The van der Waals surface area contributed by atoms with Crippen LogP contribution in [-0.4, -0.2) is 11.2 Å². The standard InChI is InChI=1S/C15H18N2O2/c1-12-5-2-8-15(18)17(12)9-4-10-19-14-7-3-6-13(16)11-14/h2-3,5-8,11H,4,9-10,16H2,1H3. The Labute approximate surface area is 112 Å². The van der Waals surface area contributed by atoms with Gasteiger partial charge in [0, 0.05) is 30.1 Å². The lowest BCUT2D eigenvalue weighted by Gasteiger charge is -2.10. The minimum Gasteiger partial charge on any atom is -0.493 e. The fourth-order valence-electron chi connectivity index (χ4n) is 1.93. The fourth-order valence-corrected chi connectivity index (χ4v) is 1.93. The summed E-state index contributed by atoms with van der Waals surface area (Å²) in [5.74, 6) is 0.761. The van der Waals surface area contributed by atoms with Gasteiger partial charge in [0.15, 0.2) is 0 Å². The zero-order valence-electron chi connectivity index (χ0n) is 11.0. The van der Waals surface area contributed by atoms with Gasteiger partial charge in [-0.2, -0.15) is 0 Å². The number of aryl methyl sites for hydroxylation is 1. The van der Waals surface area contributed by atoms with Crippen molar-refractivity contribution in [1.29, 1.82) is 0 Å². The van der Waals surface area contributed by atoms with Crippen LogP contribution in [0.25, 0.3) is 0 Å². The minimum absolute atomic E-state index is 0.0314. The molecule has 0 amide bonds. The summed E-state index contributed by atoms with van der Waals surface area (Å²) in [6.07, 6.45) is 0.777. The Balaban J connectivity index is 1.86. The molecular formula is C15H18N2O2. The van der Waals surface area contributed by atoms with Crippen molar-refractivity contribution < 1.29 is 4.74 Å². The molecular weight excluding hydrogens is 240 g/mol. The van der Waals surface area contributed by atoms with Crippen LogP contribution in [0, 0.1) is 6.92 Å². The normalized spacial score (nSPS) is 10.4. The van der Waals surface area contributed by atoms with Gasteiger partial charge in [-0.15, -0.1) is 0 Å². The number of ether oxygens (including phenoxy) is 1. The Morgan fingerprint density at radius 3 is 2.74 bits per heavy atom. The molecule has 2 rings (SSSR count). The fraction of sp³-hybridized carbons (Fsp3) is 0.267. The van der Waals surface area contributed by atoms with Crippen molar-refractivity contribution in [2.24, 2.45) is 0 Å². The van der Waals surface area contributed by atoms with Gasteiger partial charge >= 0.3 is 0 Å². The Bertz CT molecular complexity index is 605. The van der Waals surface area contributed by atoms with Gasteiger partial charge in [-0.25, -0.2) is 0 Å². The van der Waals surface area contributed by atoms with E-state index in [2.05, 4.69) is 0 Å². The highest BCUT2D eigenvalue weighted by Crippen LogP contribution is 2.14. The van der Waals surface area contributed by atoms with E-state index in [1.54, 1.807) is 22.8 Å². The highest BCUT2D eigenvalue weighted by molar-refractivity contribution is 5.43. The van der Waals surface area contributed by atoms with Gasteiger partial charge in [-0.1, -0.05) is 12.1 Å². The molecule has 0 atom stereocenters. The maximum atomic E-state index is 11.7. The van der Waals surface area contributed by atoms with Crippen LogP contribution >= 0.6 is 0 Å². The number of anilines is 1. The number of hydrogen-bond donors (Lipinski definition) is 1. The molecule has 0 unspecified atom stereocenters. The summed E-state index contributed by atoms with van der Waals surface area (Å²) in [6.45, 7) is 3.15. The molecule has 4 nitrogen and oxygen atoms in total. The first-order chi connectivity index (χ1) is 9.16. The van der Waals surface area contributed by atoms with Crippen molar-refractivity contribution in [3.05, 3.63) is 58.5 Å². The van der Waals surface area contributed by atoms with Crippen molar-refractivity contribution in [2.45, 2.75) is 19.9 Å². The maximum Gasteiger partial charge on any atom is 0.250 e. The van der Waals surface area contributed by atoms with E-state index in [-0.39, 0.29) is 5.56 Å². The Kier molecular flexibility index (Phi) is 4.23. The first kappa shape index (κ1) is 13.2. The second kappa shape index (κ2) is 6.09. The number of benzene rings is 1. The summed E-state index contributed by atoms with van der Waals surface area (Å²) in [5, 5.41) is 0. The first-order valence-electron chi connectivity index (χ1n) is 6.31. The second-order valence-electron chi connectivity index (χ2n) is 4.43. The summed E-state index contributed by atoms with van der Waals surface area (Å²) < 4.78 is 7.35. The van der Waals surface area contributed by atoms with Crippen LogP contribution in [-0.2, 0) is 6.54 Å². The zero-order valence-corrected chi connectivity index (χ0v) is 11.0. The maximum absolute atomic E-state index is 11.7. The minimum atomic E-state index is 0.0314. The van der Waals surface area contributed by atoms with Crippen molar-refractivity contribution >= 4 is 5.69 Å². The van der Waals surface area contributed by atoms with Crippen LogP contribution in [0.3, 0.4) is 0 Å². The number of pyridine rings is 1. The van der Waals surface area contributed by atoms with Gasteiger partial charge < -0.3 is 15.0 Å². The Morgan fingerprint density at radius 1 is 1.21 bits per heavy atom. The molecule has 1 aromatic heterocycles. The van der Waals surface area contributed by atoms with Crippen LogP contribution in [0.4, 0.5) is 5.69 Å². The molecule has 2 N–H and O–H groups in total. The number of nitrogens with two attached hydrogens (primary N) is 1. The van der Waals surface area contributed by atoms with Gasteiger partial charge in [0.1, 0.15) is 5.75 Å². The van der Waals surface area contributed by atoms with Crippen molar-refractivity contribution in [1.82, 2.24) is 4.57 Å². The Morgan fingerprint density at radius 2 is 2.00 bits per heavy atom. The van der Waals surface area contributed by atoms with E-state index in [0.29, 0.717) is 18.8 Å². The van der Waals surface area contributed by atoms with E-state index in [0.717, 1.165) is 17.9 Å². The van der Waals surface area contributed by atoms with E-state index in [1.807, 2.05) is 31.2 Å². The second-order valence-corrected chi connectivity index (χ2v) is 4.43. The number of nitrogens with zero attached hydrogens (tertiary/aromatic N) is 1. The highest BCUT2D eigenvalue weighted by atomic mass is 16.5. The molecule has 0 aliphatic rings. The molecule has 1 aromatic carbocycles. The number of nitrogen functional groups attached to an aromatic ring is 1. The predicted octanol–water partition coefficient (Wildman–Crippen LogP) is 2.21. The van der Waals surface area contributed by atoms with E-state index in [9.17, 15) is 4.79 Å². The van der Waals surface area contributed by atoms with Crippen molar-refractivity contribution in [3.8, 4) is 5.75 Å². The summed E-state index contributed by atoms with van der Waals surface area (Å²) in [7, 11) is 0. The Hall–Kier alpha value is -2.23. The van der Waals surface area contributed by atoms with Crippen LogP contribution in [0.1, 0.15) is 12.1 Å². The van der Waals surface area contributed by atoms with Crippen LogP contribution in [0.15, 0.2) is 47.3 Å².